The molecule has 3 fully saturated rings. The molecule has 0 radical (unpaired) electrons. The first-order valence-corrected chi connectivity index (χ1v) is 12.2. The Kier molecular flexibility index (Phi) is 5.12. The van der Waals surface area contributed by atoms with Gasteiger partial charge < -0.3 is 9.64 Å². The van der Waals surface area contributed by atoms with Crippen molar-refractivity contribution in [1.82, 2.24) is 4.90 Å². The van der Waals surface area contributed by atoms with Gasteiger partial charge in [-0.05, 0) is 43.5 Å². The minimum Gasteiger partial charge on any atom is -0.376 e. The Hall–Kier alpha value is -2.96. The fraction of sp³-hybridized carbons (Fsp3) is 0.370. The standard InChI is InChI=1S/C27H25ClN2O4/c1-15-13-21-22-23(27(33)29(26(22)32)14-16-7-6-12-34-16)24(25(31)18-9-2-4-10-19(18)28)30(21)20-11-5-3-8-17(15)20/h2-5,8-11,13,16,21-24H,6-7,12,14H2,1H3. The van der Waals surface area contributed by atoms with Crippen molar-refractivity contribution in [3.63, 3.8) is 0 Å². The van der Waals surface area contributed by atoms with Crippen molar-refractivity contribution in [2.24, 2.45) is 11.8 Å². The van der Waals surface area contributed by atoms with Gasteiger partial charge in [-0.25, -0.2) is 0 Å². The molecule has 0 N–H and O–H groups in total. The molecule has 0 saturated carbocycles. The third kappa shape index (κ3) is 3.08. The van der Waals surface area contributed by atoms with Gasteiger partial charge in [-0.3, -0.25) is 19.3 Å². The zero-order chi connectivity index (χ0) is 23.6. The van der Waals surface area contributed by atoms with Crippen LogP contribution in [-0.4, -0.2) is 53.8 Å². The van der Waals surface area contributed by atoms with Crippen LogP contribution in [0.3, 0.4) is 0 Å². The summed E-state index contributed by atoms with van der Waals surface area (Å²) in [6.07, 6.45) is 3.66. The number of ketones is 1. The van der Waals surface area contributed by atoms with Gasteiger partial charge in [0.2, 0.25) is 11.8 Å². The molecular formula is C27H25ClN2O4. The second kappa shape index (κ2) is 8.07. The van der Waals surface area contributed by atoms with Gasteiger partial charge in [0.15, 0.2) is 5.78 Å². The number of rotatable bonds is 4. The summed E-state index contributed by atoms with van der Waals surface area (Å²) in [5.74, 6) is -2.11. The highest BCUT2D eigenvalue weighted by atomic mass is 35.5. The largest absolute Gasteiger partial charge is 0.376 e. The van der Waals surface area contributed by atoms with Crippen molar-refractivity contribution in [2.45, 2.75) is 38.0 Å². The predicted octanol–water partition coefficient (Wildman–Crippen LogP) is 3.98. The van der Waals surface area contributed by atoms with Crippen molar-refractivity contribution in [3.05, 3.63) is 70.8 Å². The lowest BCUT2D eigenvalue weighted by molar-refractivity contribution is -0.142. The molecule has 0 bridgehead atoms. The smallest absolute Gasteiger partial charge is 0.235 e. The van der Waals surface area contributed by atoms with Gasteiger partial charge in [0.1, 0.15) is 6.04 Å². The average Bonchev–Trinajstić information content (AvgIpc) is 3.53. The molecule has 4 aliphatic rings. The summed E-state index contributed by atoms with van der Waals surface area (Å²) in [5.41, 5.74) is 3.29. The van der Waals surface area contributed by atoms with Crippen molar-refractivity contribution >= 4 is 40.5 Å². The molecule has 6 rings (SSSR count). The topological polar surface area (TPSA) is 66.9 Å². The van der Waals surface area contributed by atoms with Crippen molar-refractivity contribution in [1.29, 1.82) is 0 Å². The Morgan fingerprint density at radius 1 is 1.06 bits per heavy atom. The van der Waals surface area contributed by atoms with Gasteiger partial charge in [0.05, 0.1) is 35.5 Å². The van der Waals surface area contributed by atoms with Gasteiger partial charge in [0.25, 0.3) is 0 Å². The first-order valence-electron chi connectivity index (χ1n) is 11.8. The van der Waals surface area contributed by atoms with Crippen LogP contribution in [0.2, 0.25) is 5.02 Å². The van der Waals surface area contributed by atoms with Crippen LogP contribution in [0, 0.1) is 11.8 Å². The molecule has 4 heterocycles. The molecule has 34 heavy (non-hydrogen) atoms. The first kappa shape index (κ1) is 21.6. The summed E-state index contributed by atoms with van der Waals surface area (Å²) in [6, 6.07) is 13.6. The van der Waals surface area contributed by atoms with Gasteiger partial charge in [-0.2, -0.15) is 0 Å². The molecule has 5 unspecified atom stereocenters. The van der Waals surface area contributed by atoms with Gasteiger partial charge in [-0.1, -0.05) is 48.0 Å². The SMILES string of the molecule is CC1=CC2C3C(=O)N(CC4CCCO4)C(=O)C3C(C(=O)c3ccccc3Cl)N2c2ccccc21. The van der Waals surface area contributed by atoms with E-state index in [1.165, 1.54) is 4.90 Å². The summed E-state index contributed by atoms with van der Waals surface area (Å²) >= 11 is 6.42. The number of Topliss-reactive ketones (excluding diaryl/α,β-unsaturated/α-hetero) is 1. The Morgan fingerprint density at radius 2 is 1.79 bits per heavy atom. The number of ether oxygens (including phenoxy) is 1. The van der Waals surface area contributed by atoms with Gasteiger partial charge in [0, 0.05) is 23.4 Å². The third-order valence-corrected chi connectivity index (χ3v) is 7.99. The maximum atomic E-state index is 14.0. The molecule has 4 aliphatic heterocycles. The van der Waals surface area contributed by atoms with Crippen LogP contribution < -0.4 is 4.90 Å². The lowest BCUT2D eigenvalue weighted by atomic mass is 9.85. The van der Waals surface area contributed by atoms with Crippen LogP contribution in [0.1, 0.15) is 35.7 Å². The van der Waals surface area contributed by atoms with Gasteiger partial charge >= 0.3 is 0 Å². The molecule has 0 aromatic heterocycles. The summed E-state index contributed by atoms with van der Waals surface area (Å²) in [4.78, 5) is 44.8. The number of likely N-dealkylation sites (tertiary alicyclic amines) is 1. The second-order valence-corrected chi connectivity index (χ2v) is 9.93. The molecule has 2 aromatic rings. The monoisotopic (exact) mass is 476 g/mol. The van der Waals surface area contributed by atoms with Crippen LogP contribution in [0.25, 0.3) is 5.57 Å². The van der Waals surface area contributed by atoms with Crippen LogP contribution in [0.15, 0.2) is 54.6 Å². The molecule has 3 saturated heterocycles. The maximum Gasteiger partial charge on any atom is 0.235 e. The van der Waals surface area contributed by atoms with E-state index in [-0.39, 0.29) is 36.3 Å². The van der Waals surface area contributed by atoms with E-state index in [1.807, 2.05) is 42.2 Å². The Bertz CT molecular complexity index is 1230. The van der Waals surface area contributed by atoms with E-state index < -0.39 is 17.9 Å². The van der Waals surface area contributed by atoms with Crippen LogP contribution in [0.5, 0.6) is 0 Å². The fourth-order valence-corrected chi connectivity index (χ4v) is 6.38. The molecule has 0 spiro atoms. The number of para-hydroxylation sites is 1. The second-order valence-electron chi connectivity index (χ2n) is 9.53. The first-order chi connectivity index (χ1) is 16.5. The maximum absolute atomic E-state index is 14.0. The summed E-state index contributed by atoms with van der Waals surface area (Å²) in [5, 5.41) is 0.345. The number of amides is 2. The summed E-state index contributed by atoms with van der Waals surface area (Å²) < 4.78 is 5.71. The number of imide groups is 1. The number of nitrogens with zero attached hydrogens (tertiary/aromatic N) is 2. The Morgan fingerprint density at radius 3 is 2.56 bits per heavy atom. The van der Waals surface area contributed by atoms with E-state index in [9.17, 15) is 14.4 Å². The number of hydrogen-bond acceptors (Lipinski definition) is 5. The van der Waals surface area contributed by atoms with Crippen molar-refractivity contribution < 1.29 is 19.1 Å². The van der Waals surface area contributed by atoms with Crippen molar-refractivity contribution in [3.8, 4) is 0 Å². The van der Waals surface area contributed by atoms with Crippen molar-refractivity contribution in [2.75, 3.05) is 18.1 Å². The molecular weight excluding hydrogens is 452 g/mol. The van der Waals surface area contributed by atoms with E-state index in [4.69, 9.17) is 16.3 Å². The zero-order valence-corrected chi connectivity index (χ0v) is 19.6. The molecule has 2 amide bonds. The summed E-state index contributed by atoms with van der Waals surface area (Å²) in [6.45, 7) is 2.92. The number of fused-ring (bicyclic) bond motifs is 5. The number of carbonyl (C=O) groups excluding carboxylic acids is 3. The van der Waals surface area contributed by atoms with Crippen LogP contribution >= 0.6 is 11.6 Å². The molecule has 2 aromatic carbocycles. The van der Waals surface area contributed by atoms with Crippen LogP contribution in [0.4, 0.5) is 5.69 Å². The Labute approximate surface area is 203 Å². The van der Waals surface area contributed by atoms with Gasteiger partial charge in [-0.15, -0.1) is 0 Å². The van der Waals surface area contributed by atoms with E-state index in [2.05, 4.69) is 0 Å². The highest BCUT2D eigenvalue weighted by molar-refractivity contribution is 6.34. The predicted molar refractivity (Wildman–Crippen MR) is 129 cm³/mol. The minimum absolute atomic E-state index is 0.134. The lowest BCUT2D eigenvalue weighted by Gasteiger charge is -2.38. The molecule has 5 atom stereocenters. The number of halogens is 1. The zero-order valence-electron chi connectivity index (χ0n) is 18.8. The van der Waals surface area contributed by atoms with E-state index >= 15 is 0 Å². The van der Waals surface area contributed by atoms with E-state index in [0.29, 0.717) is 17.2 Å². The highest BCUT2D eigenvalue weighted by Gasteiger charge is 2.64. The number of carbonyl (C=O) groups is 3. The van der Waals surface area contributed by atoms with E-state index in [0.717, 1.165) is 29.7 Å². The number of anilines is 1. The highest BCUT2D eigenvalue weighted by Crippen LogP contribution is 2.50. The minimum atomic E-state index is -0.814. The number of hydrogen-bond donors (Lipinski definition) is 0. The molecule has 6 nitrogen and oxygen atoms in total. The normalized spacial score (nSPS) is 29.7. The average molecular weight is 477 g/mol. The lowest BCUT2D eigenvalue weighted by Crippen LogP contribution is -2.50. The molecule has 174 valence electrons. The fourth-order valence-electron chi connectivity index (χ4n) is 6.15. The molecule has 7 heteroatoms. The summed E-state index contributed by atoms with van der Waals surface area (Å²) in [7, 11) is 0. The molecule has 0 aliphatic carbocycles. The Balaban J connectivity index is 1.47. The number of benzene rings is 2. The quantitative estimate of drug-likeness (QED) is 0.493. The van der Waals surface area contributed by atoms with E-state index in [1.54, 1.807) is 24.3 Å². The number of allylic oxidation sites excluding steroid dienone is 1. The van der Waals surface area contributed by atoms with Crippen LogP contribution in [-0.2, 0) is 14.3 Å². The third-order valence-electron chi connectivity index (χ3n) is 7.66.